The highest BCUT2D eigenvalue weighted by Crippen LogP contribution is 1.96. The molecule has 0 radical (unpaired) electrons. The van der Waals surface area contributed by atoms with Gasteiger partial charge in [-0.05, 0) is 6.07 Å². The highest BCUT2D eigenvalue weighted by atomic mass is 16.2. The summed E-state index contributed by atoms with van der Waals surface area (Å²) in [4.78, 5) is 10.4. The van der Waals surface area contributed by atoms with E-state index in [0.29, 0.717) is 5.56 Å². The Morgan fingerprint density at radius 1 is 1.80 bits per heavy atom. The molecular formula is C6H5N3O. The summed E-state index contributed by atoms with van der Waals surface area (Å²) in [6.45, 7) is 0. The van der Waals surface area contributed by atoms with Crippen LogP contribution in [0.4, 0.5) is 4.79 Å². The molecule has 1 heterocycles. The van der Waals surface area contributed by atoms with Crippen LogP contribution in [0.5, 0.6) is 0 Å². The molecule has 1 aromatic rings. The number of hydrogen-bond acceptors (Lipinski definition) is 2. The van der Waals surface area contributed by atoms with Crippen LogP contribution >= 0.6 is 0 Å². The maximum absolute atomic E-state index is 10.4. The Kier molecular flexibility index (Phi) is 1.42. The van der Waals surface area contributed by atoms with E-state index in [0.717, 1.165) is 4.57 Å². The van der Waals surface area contributed by atoms with Crippen LogP contribution in [-0.4, -0.2) is 10.6 Å². The molecule has 0 fully saturated rings. The fourth-order valence-electron chi connectivity index (χ4n) is 0.600. The number of carbonyl (C=O) groups is 1. The number of nitrogens with zero attached hydrogens (tertiary/aromatic N) is 2. The van der Waals surface area contributed by atoms with Gasteiger partial charge in [0.25, 0.3) is 0 Å². The third-order valence-corrected chi connectivity index (χ3v) is 1.08. The molecule has 1 amide bonds. The fourth-order valence-corrected chi connectivity index (χ4v) is 0.600. The number of nitrogens with two attached hydrogens (primary N) is 1. The van der Waals surface area contributed by atoms with Crippen LogP contribution in [-0.2, 0) is 0 Å². The summed E-state index contributed by atoms with van der Waals surface area (Å²) in [5.74, 6) is 0. The molecular weight excluding hydrogens is 130 g/mol. The molecule has 0 aliphatic rings. The lowest BCUT2D eigenvalue weighted by Gasteiger charge is -1.89. The highest BCUT2D eigenvalue weighted by Gasteiger charge is 1.97. The Bertz CT molecular complexity index is 294. The Balaban J connectivity index is 3.02. The molecule has 1 rings (SSSR count). The summed E-state index contributed by atoms with van der Waals surface area (Å²) in [6.07, 6.45) is 2.82. The molecule has 50 valence electrons. The zero-order chi connectivity index (χ0) is 7.56. The smallest absolute Gasteiger partial charge is 0.322 e. The minimum absolute atomic E-state index is 0.429. The van der Waals surface area contributed by atoms with E-state index < -0.39 is 6.03 Å². The molecule has 0 aliphatic carbocycles. The predicted octanol–water partition coefficient (Wildman–Crippen LogP) is 0.287. The average molecular weight is 135 g/mol. The van der Waals surface area contributed by atoms with Gasteiger partial charge in [0, 0.05) is 12.4 Å². The Hall–Kier alpha value is -1.76. The number of nitriles is 1. The zero-order valence-electron chi connectivity index (χ0n) is 5.11. The van der Waals surface area contributed by atoms with Crippen molar-refractivity contribution >= 4 is 6.03 Å². The Morgan fingerprint density at radius 3 is 2.80 bits per heavy atom. The molecule has 2 N–H and O–H groups in total. The van der Waals surface area contributed by atoms with Crippen LogP contribution in [0.1, 0.15) is 5.56 Å². The maximum atomic E-state index is 10.4. The van der Waals surface area contributed by atoms with Gasteiger partial charge < -0.3 is 5.73 Å². The van der Waals surface area contributed by atoms with E-state index >= 15 is 0 Å². The first-order chi connectivity index (χ1) is 4.74. The predicted molar refractivity (Wildman–Crippen MR) is 34.1 cm³/mol. The van der Waals surface area contributed by atoms with E-state index in [2.05, 4.69) is 0 Å². The molecule has 4 heteroatoms. The van der Waals surface area contributed by atoms with Crippen molar-refractivity contribution in [3.63, 3.8) is 0 Å². The summed E-state index contributed by atoms with van der Waals surface area (Å²) in [7, 11) is 0. The number of carbonyl (C=O) groups excluding carboxylic acids is 1. The van der Waals surface area contributed by atoms with Gasteiger partial charge in [-0.15, -0.1) is 0 Å². The van der Waals surface area contributed by atoms with E-state index in [1.165, 1.54) is 18.5 Å². The van der Waals surface area contributed by atoms with E-state index in [1.54, 1.807) is 0 Å². The number of hydrogen-bond donors (Lipinski definition) is 1. The lowest BCUT2D eigenvalue weighted by molar-refractivity contribution is 0.250. The van der Waals surface area contributed by atoms with E-state index in [4.69, 9.17) is 11.0 Å². The van der Waals surface area contributed by atoms with Gasteiger partial charge in [0.15, 0.2) is 0 Å². The highest BCUT2D eigenvalue weighted by molar-refractivity contribution is 5.75. The van der Waals surface area contributed by atoms with Crippen molar-refractivity contribution in [3.05, 3.63) is 24.0 Å². The summed E-state index contributed by atoms with van der Waals surface area (Å²) >= 11 is 0. The topological polar surface area (TPSA) is 71.8 Å². The quantitative estimate of drug-likeness (QED) is 0.555. The Morgan fingerprint density at radius 2 is 2.50 bits per heavy atom. The molecule has 0 saturated heterocycles. The SMILES string of the molecule is N#Cc1ccn(C(N)=O)c1. The van der Waals surface area contributed by atoms with Crippen molar-refractivity contribution in [2.75, 3.05) is 0 Å². The maximum Gasteiger partial charge on any atom is 0.322 e. The van der Waals surface area contributed by atoms with Crippen molar-refractivity contribution in [2.24, 2.45) is 5.73 Å². The number of rotatable bonds is 0. The second kappa shape index (κ2) is 2.23. The standard InChI is InChI=1S/C6H5N3O/c7-3-5-1-2-9(4-5)6(8)10/h1-2,4H,(H2,8,10). The van der Waals surface area contributed by atoms with Gasteiger partial charge in [-0.1, -0.05) is 0 Å². The molecule has 0 unspecified atom stereocenters. The number of aromatic nitrogens is 1. The zero-order valence-corrected chi connectivity index (χ0v) is 5.11. The minimum Gasteiger partial charge on any atom is -0.351 e. The third kappa shape index (κ3) is 0.977. The van der Waals surface area contributed by atoms with Crippen molar-refractivity contribution in [1.29, 1.82) is 5.26 Å². The van der Waals surface area contributed by atoms with Crippen molar-refractivity contribution in [1.82, 2.24) is 4.57 Å². The van der Waals surface area contributed by atoms with Gasteiger partial charge in [0.05, 0.1) is 5.56 Å². The molecule has 0 atom stereocenters. The van der Waals surface area contributed by atoms with Crippen LogP contribution in [0.15, 0.2) is 18.5 Å². The van der Waals surface area contributed by atoms with E-state index in [1.807, 2.05) is 6.07 Å². The first-order valence-electron chi connectivity index (χ1n) is 2.62. The van der Waals surface area contributed by atoms with Crippen LogP contribution in [0, 0.1) is 11.3 Å². The van der Waals surface area contributed by atoms with Crippen LogP contribution in [0.2, 0.25) is 0 Å². The number of amides is 1. The molecule has 0 bridgehead atoms. The van der Waals surface area contributed by atoms with Crippen molar-refractivity contribution < 1.29 is 4.79 Å². The molecule has 4 nitrogen and oxygen atoms in total. The first kappa shape index (κ1) is 6.36. The first-order valence-corrected chi connectivity index (χ1v) is 2.62. The summed E-state index contributed by atoms with van der Waals surface area (Å²) < 4.78 is 1.15. The largest absolute Gasteiger partial charge is 0.351 e. The van der Waals surface area contributed by atoms with Crippen LogP contribution < -0.4 is 5.73 Å². The molecule has 1 aromatic heterocycles. The monoisotopic (exact) mass is 135 g/mol. The minimum atomic E-state index is -0.582. The average Bonchev–Trinajstić information content (AvgIpc) is 2.34. The van der Waals surface area contributed by atoms with Gasteiger partial charge in [-0.3, -0.25) is 4.57 Å². The normalized spacial score (nSPS) is 8.70. The van der Waals surface area contributed by atoms with Crippen LogP contribution in [0.25, 0.3) is 0 Å². The Labute approximate surface area is 57.5 Å². The van der Waals surface area contributed by atoms with Gasteiger partial charge in [-0.25, -0.2) is 4.79 Å². The lowest BCUT2D eigenvalue weighted by atomic mass is 10.4. The second-order valence-electron chi connectivity index (χ2n) is 1.76. The second-order valence-corrected chi connectivity index (χ2v) is 1.76. The van der Waals surface area contributed by atoms with Gasteiger partial charge in [-0.2, -0.15) is 5.26 Å². The van der Waals surface area contributed by atoms with E-state index in [-0.39, 0.29) is 0 Å². The molecule has 0 saturated carbocycles. The summed E-state index contributed by atoms with van der Waals surface area (Å²) in [5.41, 5.74) is 5.33. The van der Waals surface area contributed by atoms with E-state index in [9.17, 15) is 4.79 Å². The lowest BCUT2D eigenvalue weighted by Crippen LogP contribution is -2.17. The van der Waals surface area contributed by atoms with Gasteiger partial charge in [0.1, 0.15) is 6.07 Å². The molecule has 0 spiro atoms. The molecule has 0 aromatic carbocycles. The van der Waals surface area contributed by atoms with Gasteiger partial charge >= 0.3 is 6.03 Å². The van der Waals surface area contributed by atoms with Crippen molar-refractivity contribution in [2.45, 2.75) is 0 Å². The summed E-state index contributed by atoms with van der Waals surface area (Å²) in [6, 6.07) is 2.81. The van der Waals surface area contributed by atoms with Crippen LogP contribution in [0.3, 0.4) is 0 Å². The van der Waals surface area contributed by atoms with Crippen molar-refractivity contribution in [3.8, 4) is 6.07 Å². The third-order valence-electron chi connectivity index (χ3n) is 1.08. The molecule has 0 aliphatic heterocycles. The fraction of sp³-hybridized carbons (Fsp3) is 0. The summed E-state index contributed by atoms with van der Waals surface area (Å²) in [5, 5.41) is 8.32. The number of primary amides is 1. The molecule has 10 heavy (non-hydrogen) atoms. The van der Waals surface area contributed by atoms with Gasteiger partial charge in [0.2, 0.25) is 0 Å².